The van der Waals surface area contributed by atoms with E-state index in [-0.39, 0.29) is 11.8 Å². The molecule has 0 aromatic carbocycles. The van der Waals surface area contributed by atoms with E-state index in [9.17, 15) is 4.79 Å². The number of carbonyl (C=O) groups is 1. The van der Waals surface area contributed by atoms with Gasteiger partial charge in [0.05, 0.1) is 24.4 Å². The third-order valence-electron chi connectivity index (χ3n) is 6.01. The second kappa shape index (κ2) is 7.05. The molecule has 0 N–H and O–H groups in total. The lowest BCUT2D eigenvalue weighted by Crippen LogP contribution is -2.50. The molecule has 1 amide bonds. The van der Waals surface area contributed by atoms with Gasteiger partial charge in [0.15, 0.2) is 0 Å². The molecule has 0 spiro atoms. The number of piperazine rings is 1. The minimum atomic E-state index is 0.0571. The van der Waals surface area contributed by atoms with Crippen molar-refractivity contribution in [2.75, 3.05) is 44.3 Å². The van der Waals surface area contributed by atoms with Crippen LogP contribution in [0.4, 0.5) is 5.69 Å². The molecule has 2 saturated heterocycles. The predicted octanol–water partition coefficient (Wildman–Crippen LogP) is 1.60. The van der Waals surface area contributed by atoms with Gasteiger partial charge in [-0.2, -0.15) is 5.10 Å². The zero-order chi connectivity index (χ0) is 19.1. The Morgan fingerprint density at radius 3 is 2.82 bits per heavy atom. The molecule has 7 heteroatoms. The molecule has 2 aromatic heterocycles. The Labute approximate surface area is 164 Å². The summed E-state index contributed by atoms with van der Waals surface area (Å²) in [4.78, 5) is 21.6. The van der Waals surface area contributed by atoms with E-state index in [1.54, 1.807) is 0 Å². The van der Waals surface area contributed by atoms with E-state index in [2.05, 4.69) is 33.3 Å². The topological polar surface area (TPSA) is 63.5 Å². The Bertz CT molecular complexity index is 921. The number of nitrogens with zero attached hydrogens (tertiary/aromatic N) is 5. The molecule has 146 valence electrons. The van der Waals surface area contributed by atoms with Gasteiger partial charge < -0.3 is 14.5 Å². The number of aryl methyl sites for hydroxylation is 1. The van der Waals surface area contributed by atoms with Crippen LogP contribution in [0.25, 0.3) is 11.6 Å². The van der Waals surface area contributed by atoms with E-state index < -0.39 is 0 Å². The fraction of sp³-hybridized carbons (Fsp3) is 0.476. The van der Waals surface area contributed by atoms with Crippen LogP contribution in [0.5, 0.6) is 0 Å². The highest BCUT2D eigenvalue weighted by molar-refractivity contribution is 5.91. The summed E-state index contributed by atoms with van der Waals surface area (Å²) in [6.45, 7) is 4.54. The third-order valence-corrected chi connectivity index (χ3v) is 6.01. The molecule has 0 bridgehead atoms. The highest BCUT2D eigenvalue weighted by Gasteiger charge is 2.31. The number of hydrogen-bond acceptors (Lipinski definition) is 5. The second-order valence-electron chi connectivity index (χ2n) is 7.81. The molecule has 0 saturated carbocycles. The van der Waals surface area contributed by atoms with Crippen LogP contribution in [0.15, 0.2) is 24.7 Å². The van der Waals surface area contributed by atoms with Gasteiger partial charge in [-0.15, -0.1) is 0 Å². The molecule has 5 rings (SSSR count). The maximum atomic E-state index is 12.6. The molecule has 0 unspecified atom stereocenters. The van der Waals surface area contributed by atoms with E-state index in [4.69, 9.17) is 4.74 Å². The zero-order valence-electron chi connectivity index (χ0n) is 16.2. The summed E-state index contributed by atoms with van der Waals surface area (Å²) in [5.74, 6) is 0.317. The number of fused-ring (bicyclic) bond motifs is 1. The number of ether oxygens (including phenoxy) is 1. The van der Waals surface area contributed by atoms with Crippen molar-refractivity contribution in [1.29, 1.82) is 0 Å². The van der Waals surface area contributed by atoms with Gasteiger partial charge in [0.2, 0.25) is 5.91 Å². The Morgan fingerprint density at radius 1 is 1.25 bits per heavy atom. The quantitative estimate of drug-likeness (QED) is 0.811. The lowest BCUT2D eigenvalue weighted by Gasteiger charge is -2.37. The van der Waals surface area contributed by atoms with Crippen molar-refractivity contribution in [2.24, 2.45) is 13.0 Å². The van der Waals surface area contributed by atoms with Gasteiger partial charge in [0, 0.05) is 75.5 Å². The maximum absolute atomic E-state index is 12.6. The summed E-state index contributed by atoms with van der Waals surface area (Å²) in [5, 5.41) is 4.29. The molecule has 3 aliphatic rings. The third kappa shape index (κ3) is 3.09. The van der Waals surface area contributed by atoms with Crippen molar-refractivity contribution in [3.05, 3.63) is 41.5 Å². The van der Waals surface area contributed by atoms with Crippen molar-refractivity contribution < 1.29 is 9.53 Å². The standard InChI is InChI=1S/C21H25N5O2/c1-24-13-17(12-23-24)16-10-18-19(11-16)22-4-2-20(18)25-5-7-26(8-6-25)21(27)15-3-9-28-14-15/h2,4,10,12-13,15H,3,5-9,11,14H2,1H3/t15-/m0/s1. The van der Waals surface area contributed by atoms with Crippen molar-refractivity contribution >= 4 is 23.2 Å². The number of pyridine rings is 1. The average Bonchev–Trinajstić information content (AvgIpc) is 3.47. The Hall–Kier alpha value is -2.67. The number of aromatic nitrogens is 3. The lowest BCUT2D eigenvalue weighted by atomic mass is 10.1. The molecular formula is C21H25N5O2. The summed E-state index contributed by atoms with van der Waals surface area (Å²) in [5.41, 5.74) is 5.97. The number of anilines is 1. The van der Waals surface area contributed by atoms with Gasteiger partial charge in [0.25, 0.3) is 0 Å². The minimum Gasteiger partial charge on any atom is -0.381 e. The van der Waals surface area contributed by atoms with E-state index in [0.717, 1.165) is 50.3 Å². The number of carbonyl (C=O) groups excluding carboxylic acids is 1. The first-order valence-electron chi connectivity index (χ1n) is 9.98. The molecule has 2 aromatic rings. The van der Waals surface area contributed by atoms with Crippen LogP contribution in [0.3, 0.4) is 0 Å². The van der Waals surface area contributed by atoms with Crippen LogP contribution in [-0.2, 0) is 23.0 Å². The van der Waals surface area contributed by atoms with Gasteiger partial charge in [-0.1, -0.05) is 0 Å². The van der Waals surface area contributed by atoms with Crippen LogP contribution < -0.4 is 4.90 Å². The van der Waals surface area contributed by atoms with Gasteiger partial charge in [0.1, 0.15) is 0 Å². The van der Waals surface area contributed by atoms with Crippen molar-refractivity contribution in [2.45, 2.75) is 12.8 Å². The summed E-state index contributed by atoms with van der Waals surface area (Å²) in [6, 6.07) is 2.10. The molecule has 0 radical (unpaired) electrons. The van der Waals surface area contributed by atoms with Gasteiger partial charge >= 0.3 is 0 Å². The summed E-state index contributed by atoms with van der Waals surface area (Å²) >= 11 is 0. The molecule has 28 heavy (non-hydrogen) atoms. The van der Waals surface area contributed by atoms with Crippen LogP contribution >= 0.6 is 0 Å². The number of rotatable bonds is 3. The molecule has 4 heterocycles. The molecule has 2 fully saturated rings. The SMILES string of the molecule is Cn1cc(C2=Cc3c(N4CCN(C(=O)[C@H]5CCOC5)CC4)ccnc3C2)cn1. The predicted molar refractivity (Wildman–Crippen MR) is 107 cm³/mol. The highest BCUT2D eigenvalue weighted by Crippen LogP contribution is 2.36. The van der Waals surface area contributed by atoms with E-state index in [0.29, 0.717) is 13.2 Å². The van der Waals surface area contributed by atoms with Crippen LogP contribution in [0.2, 0.25) is 0 Å². The normalized spacial score (nSPS) is 21.8. The van der Waals surface area contributed by atoms with Crippen molar-refractivity contribution in [3.63, 3.8) is 0 Å². The Kier molecular flexibility index (Phi) is 4.39. The largest absolute Gasteiger partial charge is 0.381 e. The van der Waals surface area contributed by atoms with Gasteiger partial charge in [-0.3, -0.25) is 14.5 Å². The number of hydrogen-bond donors (Lipinski definition) is 0. The summed E-state index contributed by atoms with van der Waals surface area (Å²) < 4.78 is 7.21. The average molecular weight is 379 g/mol. The van der Waals surface area contributed by atoms with Gasteiger partial charge in [-0.25, -0.2) is 0 Å². The molecule has 2 aliphatic heterocycles. The highest BCUT2D eigenvalue weighted by atomic mass is 16.5. The number of allylic oxidation sites excluding steroid dienone is 1. The van der Waals surface area contributed by atoms with E-state index in [1.165, 1.54) is 16.8 Å². The van der Waals surface area contributed by atoms with Crippen LogP contribution in [0, 0.1) is 5.92 Å². The summed E-state index contributed by atoms with van der Waals surface area (Å²) in [6.07, 6.45) is 9.82. The number of amides is 1. The first-order valence-corrected chi connectivity index (χ1v) is 9.98. The van der Waals surface area contributed by atoms with Gasteiger partial charge in [-0.05, 0) is 24.1 Å². The lowest BCUT2D eigenvalue weighted by molar-refractivity contribution is -0.135. The molecule has 7 nitrogen and oxygen atoms in total. The van der Waals surface area contributed by atoms with Crippen LogP contribution in [0.1, 0.15) is 23.2 Å². The first-order chi connectivity index (χ1) is 13.7. The second-order valence-corrected chi connectivity index (χ2v) is 7.81. The fourth-order valence-electron chi connectivity index (χ4n) is 4.41. The fourth-order valence-corrected chi connectivity index (χ4v) is 4.41. The van der Waals surface area contributed by atoms with Crippen molar-refractivity contribution in [3.8, 4) is 0 Å². The maximum Gasteiger partial charge on any atom is 0.228 e. The molecular weight excluding hydrogens is 354 g/mol. The summed E-state index contributed by atoms with van der Waals surface area (Å²) in [7, 11) is 1.94. The van der Waals surface area contributed by atoms with Crippen molar-refractivity contribution in [1.82, 2.24) is 19.7 Å². The van der Waals surface area contributed by atoms with E-state index >= 15 is 0 Å². The van der Waals surface area contributed by atoms with Crippen LogP contribution in [-0.4, -0.2) is 65.0 Å². The minimum absolute atomic E-state index is 0.0571. The molecule has 1 aliphatic carbocycles. The first kappa shape index (κ1) is 17.4. The molecule has 1 atom stereocenters. The monoisotopic (exact) mass is 379 g/mol. The smallest absolute Gasteiger partial charge is 0.228 e. The zero-order valence-corrected chi connectivity index (χ0v) is 16.2. The van der Waals surface area contributed by atoms with E-state index in [1.807, 2.05) is 29.0 Å². The Morgan fingerprint density at radius 2 is 2.11 bits per heavy atom. The Balaban J connectivity index is 1.32.